The molecule has 1 atom stereocenters. The van der Waals surface area contributed by atoms with E-state index >= 15 is 0 Å². The second kappa shape index (κ2) is 5.69. The van der Waals surface area contributed by atoms with E-state index in [0.717, 1.165) is 6.07 Å². The predicted molar refractivity (Wildman–Crippen MR) is 73.1 cm³/mol. The Labute approximate surface area is 125 Å². The van der Waals surface area contributed by atoms with E-state index in [2.05, 4.69) is 5.10 Å². The Bertz CT molecular complexity index is 637. The van der Waals surface area contributed by atoms with Crippen molar-refractivity contribution in [2.24, 2.45) is 0 Å². The summed E-state index contributed by atoms with van der Waals surface area (Å²) in [6.07, 6.45) is -3.22. The molecule has 0 saturated heterocycles. The Morgan fingerprint density at radius 2 is 1.95 bits per heavy atom. The molecule has 2 rings (SSSR count). The first-order valence-electron chi connectivity index (χ1n) is 6.29. The van der Waals surface area contributed by atoms with Gasteiger partial charge in [-0.05, 0) is 26.0 Å². The van der Waals surface area contributed by atoms with Gasteiger partial charge in [-0.1, -0.05) is 17.7 Å². The molecule has 0 aliphatic carbocycles. The molecule has 0 spiro atoms. The van der Waals surface area contributed by atoms with Gasteiger partial charge in [-0.25, -0.2) is 0 Å². The third-order valence-electron chi connectivity index (χ3n) is 3.10. The SMILES string of the molecule is CC(C)n1cc(C(O)c2c(Cl)cccc2C(F)(F)F)cn1. The number of hydrogen-bond acceptors (Lipinski definition) is 2. The van der Waals surface area contributed by atoms with E-state index in [9.17, 15) is 18.3 Å². The quantitative estimate of drug-likeness (QED) is 0.920. The normalized spacial score (nSPS) is 13.7. The monoisotopic (exact) mass is 318 g/mol. The molecule has 1 N–H and O–H groups in total. The molecule has 0 saturated carbocycles. The fourth-order valence-electron chi connectivity index (χ4n) is 2.01. The van der Waals surface area contributed by atoms with Crippen molar-refractivity contribution in [1.29, 1.82) is 0 Å². The van der Waals surface area contributed by atoms with Crippen molar-refractivity contribution in [3.63, 3.8) is 0 Å². The van der Waals surface area contributed by atoms with E-state index in [1.165, 1.54) is 24.5 Å². The number of nitrogens with zero attached hydrogens (tertiary/aromatic N) is 2. The van der Waals surface area contributed by atoms with Crippen LogP contribution in [0.5, 0.6) is 0 Å². The summed E-state index contributed by atoms with van der Waals surface area (Å²) in [6, 6.07) is 3.47. The maximum Gasteiger partial charge on any atom is 0.416 e. The zero-order valence-corrected chi connectivity index (χ0v) is 12.2. The largest absolute Gasteiger partial charge is 0.416 e. The Morgan fingerprint density at radius 3 is 2.48 bits per heavy atom. The highest BCUT2D eigenvalue weighted by atomic mass is 35.5. The fraction of sp³-hybridized carbons (Fsp3) is 0.357. The van der Waals surface area contributed by atoms with Crippen molar-refractivity contribution in [3.8, 4) is 0 Å². The number of hydrogen-bond donors (Lipinski definition) is 1. The summed E-state index contributed by atoms with van der Waals surface area (Å²) in [5.74, 6) is 0. The lowest BCUT2D eigenvalue weighted by Crippen LogP contribution is -2.13. The van der Waals surface area contributed by atoms with Gasteiger partial charge in [0, 0.05) is 28.4 Å². The molecule has 7 heteroatoms. The first-order valence-corrected chi connectivity index (χ1v) is 6.67. The summed E-state index contributed by atoms with van der Waals surface area (Å²) in [7, 11) is 0. The minimum absolute atomic E-state index is 0.0410. The molecule has 2 aromatic rings. The third kappa shape index (κ3) is 3.22. The van der Waals surface area contributed by atoms with Crippen LogP contribution in [-0.4, -0.2) is 14.9 Å². The maximum absolute atomic E-state index is 13.0. The Kier molecular flexibility index (Phi) is 4.30. The van der Waals surface area contributed by atoms with Crippen LogP contribution in [0.4, 0.5) is 13.2 Å². The fourth-order valence-corrected chi connectivity index (χ4v) is 2.28. The summed E-state index contributed by atoms with van der Waals surface area (Å²) in [5, 5.41) is 14.2. The first-order chi connectivity index (χ1) is 9.71. The van der Waals surface area contributed by atoms with Crippen molar-refractivity contribution >= 4 is 11.6 Å². The standard InChI is InChI=1S/C14H14ClF3N2O/c1-8(2)20-7-9(6-19-20)13(21)12-10(14(16,17)18)4-3-5-11(12)15/h3-8,13,21H,1-2H3. The number of alkyl halides is 3. The number of aromatic nitrogens is 2. The van der Waals surface area contributed by atoms with E-state index in [-0.39, 0.29) is 22.2 Å². The van der Waals surface area contributed by atoms with Gasteiger partial charge >= 0.3 is 6.18 Å². The van der Waals surface area contributed by atoms with Gasteiger partial charge in [-0.3, -0.25) is 4.68 Å². The van der Waals surface area contributed by atoms with Crippen LogP contribution in [0.2, 0.25) is 5.02 Å². The number of benzene rings is 1. The van der Waals surface area contributed by atoms with Crippen molar-refractivity contribution in [3.05, 3.63) is 52.3 Å². The van der Waals surface area contributed by atoms with Gasteiger partial charge in [-0.15, -0.1) is 0 Å². The summed E-state index contributed by atoms with van der Waals surface area (Å²) in [6.45, 7) is 3.75. The molecule has 114 valence electrons. The van der Waals surface area contributed by atoms with Crippen LogP contribution >= 0.6 is 11.6 Å². The van der Waals surface area contributed by atoms with Crippen LogP contribution < -0.4 is 0 Å². The molecule has 0 fully saturated rings. The zero-order chi connectivity index (χ0) is 15.8. The first kappa shape index (κ1) is 15.9. The average Bonchev–Trinajstić information content (AvgIpc) is 2.86. The minimum Gasteiger partial charge on any atom is -0.383 e. The Balaban J connectivity index is 2.49. The maximum atomic E-state index is 13.0. The van der Waals surface area contributed by atoms with E-state index in [1.807, 2.05) is 13.8 Å². The second-order valence-electron chi connectivity index (χ2n) is 4.95. The second-order valence-corrected chi connectivity index (χ2v) is 5.36. The highest BCUT2D eigenvalue weighted by molar-refractivity contribution is 6.31. The van der Waals surface area contributed by atoms with Crippen molar-refractivity contribution in [2.45, 2.75) is 32.2 Å². The van der Waals surface area contributed by atoms with Gasteiger partial charge in [0.1, 0.15) is 6.10 Å². The molecule has 0 amide bonds. The summed E-state index contributed by atoms with van der Waals surface area (Å²) in [4.78, 5) is 0. The molecule has 1 unspecified atom stereocenters. The lowest BCUT2D eigenvalue weighted by molar-refractivity contribution is -0.139. The van der Waals surface area contributed by atoms with Crippen LogP contribution in [0.3, 0.4) is 0 Å². The smallest absolute Gasteiger partial charge is 0.383 e. The van der Waals surface area contributed by atoms with Crippen LogP contribution in [0.15, 0.2) is 30.6 Å². The highest BCUT2D eigenvalue weighted by Crippen LogP contribution is 2.39. The molecule has 0 aliphatic heterocycles. The van der Waals surface area contributed by atoms with E-state index in [1.54, 1.807) is 4.68 Å². The lowest BCUT2D eigenvalue weighted by Gasteiger charge is -2.18. The summed E-state index contributed by atoms with van der Waals surface area (Å²) < 4.78 is 40.7. The van der Waals surface area contributed by atoms with E-state index < -0.39 is 17.8 Å². The summed E-state index contributed by atoms with van der Waals surface area (Å²) in [5.41, 5.74) is -1.03. The molecule has 1 aromatic heterocycles. The van der Waals surface area contributed by atoms with Gasteiger partial charge in [0.2, 0.25) is 0 Å². The zero-order valence-electron chi connectivity index (χ0n) is 11.4. The molecule has 0 aliphatic rings. The van der Waals surface area contributed by atoms with Crippen molar-refractivity contribution in [2.75, 3.05) is 0 Å². The van der Waals surface area contributed by atoms with Crippen molar-refractivity contribution < 1.29 is 18.3 Å². The van der Waals surface area contributed by atoms with Gasteiger partial charge < -0.3 is 5.11 Å². The topological polar surface area (TPSA) is 38.0 Å². The molecular weight excluding hydrogens is 305 g/mol. The summed E-state index contributed by atoms with van der Waals surface area (Å²) >= 11 is 5.86. The van der Waals surface area contributed by atoms with Crippen LogP contribution in [0.1, 0.15) is 42.7 Å². The number of aliphatic hydroxyl groups excluding tert-OH is 1. The van der Waals surface area contributed by atoms with Crippen molar-refractivity contribution in [1.82, 2.24) is 9.78 Å². The van der Waals surface area contributed by atoms with E-state index in [0.29, 0.717) is 0 Å². The molecule has 0 bridgehead atoms. The van der Waals surface area contributed by atoms with E-state index in [4.69, 9.17) is 11.6 Å². The van der Waals surface area contributed by atoms with Gasteiger partial charge in [-0.2, -0.15) is 18.3 Å². The number of rotatable bonds is 3. The molecule has 1 heterocycles. The highest BCUT2D eigenvalue weighted by Gasteiger charge is 2.36. The lowest BCUT2D eigenvalue weighted by atomic mass is 9.98. The van der Waals surface area contributed by atoms with Crippen LogP contribution in [0.25, 0.3) is 0 Å². The molecule has 1 aromatic carbocycles. The molecule has 3 nitrogen and oxygen atoms in total. The Morgan fingerprint density at radius 1 is 1.29 bits per heavy atom. The third-order valence-corrected chi connectivity index (χ3v) is 3.43. The minimum atomic E-state index is -4.59. The van der Waals surface area contributed by atoms with Crippen LogP contribution in [-0.2, 0) is 6.18 Å². The van der Waals surface area contributed by atoms with Gasteiger partial charge in [0.15, 0.2) is 0 Å². The van der Waals surface area contributed by atoms with Gasteiger partial charge in [0.25, 0.3) is 0 Å². The molecule has 21 heavy (non-hydrogen) atoms. The predicted octanol–water partition coefficient (Wildman–Crippen LogP) is 4.22. The number of halogens is 4. The molecular formula is C14H14ClF3N2O. The average molecular weight is 319 g/mol. The number of aliphatic hydroxyl groups is 1. The van der Waals surface area contributed by atoms with Gasteiger partial charge in [0.05, 0.1) is 11.8 Å². The molecule has 0 radical (unpaired) electrons. The van der Waals surface area contributed by atoms with Crippen LogP contribution in [0, 0.1) is 0 Å². The Hall–Kier alpha value is -1.53.